The van der Waals surface area contributed by atoms with Crippen molar-refractivity contribution in [2.45, 2.75) is 232 Å². The summed E-state index contributed by atoms with van der Waals surface area (Å²) in [5, 5.41) is 23.5. The second kappa shape index (κ2) is 44.4. The molecule has 0 aliphatic rings. The lowest BCUT2D eigenvalue weighted by atomic mass is 10.0. The average molecular weight is 796 g/mol. The third kappa shape index (κ3) is 39.9. The summed E-state index contributed by atoms with van der Waals surface area (Å²) < 4.78 is 5.77. The van der Waals surface area contributed by atoms with Gasteiger partial charge in [0.1, 0.15) is 6.10 Å². The van der Waals surface area contributed by atoms with E-state index < -0.39 is 18.2 Å². The van der Waals surface area contributed by atoms with Crippen molar-refractivity contribution in [3.8, 4) is 0 Å². The first-order valence-electron chi connectivity index (χ1n) is 23.7. The van der Waals surface area contributed by atoms with Gasteiger partial charge >= 0.3 is 5.97 Å². The Morgan fingerprint density at radius 3 is 1.44 bits per heavy atom. The quantitative estimate of drug-likeness (QED) is 0.0325. The van der Waals surface area contributed by atoms with Gasteiger partial charge in [0, 0.05) is 6.42 Å². The molecule has 3 N–H and O–H groups in total. The highest BCUT2D eigenvalue weighted by atomic mass is 16.5. The Kier molecular flexibility index (Phi) is 42.3. The van der Waals surface area contributed by atoms with E-state index in [9.17, 15) is 19.8 Å². The second-order valence-corrected chi connectivity index (χ2v) is 15.8. The van der Waals surface area contributed by atoms with Crippen molar-refractivity contribution in [2.24, 2.45) is 0 Å². The van der Waals surface area contributed by atoms with Crippen molar-refractivity contribution >= 4 is 11.9 Å². The predicted molar refractivity (Wildman–Crippen MR) is 245 cm³/mol. The van der Waals surface area contributed by atoms with E-state index in [0.29, 0.717) is 19.3 Å². The SMILES string of the molecule is CCCCC/C=C\C/C=C\C/C=C\C/C=C\CCCC(=O)OC(/C=C/C/C=C\CCCCCCCC)CC(=O)NC(CO)C(O)CCCCCCCCCCCC. The number of ether oxygens (including phenoxy) is 1. The summed E-state index contributed by atoms with van der Waals surface area (Å²) in [6.45, 7) is 6.37. The molecule has 0 heterocycles. The molecule has 57 heavy (non-hydrogen) atoms. The lowest BCUT2D eigenvalue weighted by molar-refractivity contribution is -0.148. The van der Waals surface area contributed by atoms with Gasteiger partial charge in [0.25, 0.3) is 0 Å². The van der Waals surface area contributed by atoms with Crippen LogP contribution in [0.1, 0.15) is 213 Å². The van der Waals surface area contributed by atoms with Gasteiger partial charge in [-0.25, -0.2) is 0 Å². The number of aliphatic hydroxyl groups is 2. The molecule has 0 saturated heterocycles. The van der Waals surface area contributed by atoms with Gasteiger partial charge in [-0.3, -0.25) is 9.59 Å². The van der Waals surface area contributed by atoms with E-state index >= 15 is 0 Å². The third-order valence-electron chi connectivity index (χ3n) is 10.3. The van der Waals surface area contributed by atoms with Crippen LogP contribution in [0.4, 0.5) is 0 Å². The summed E-state index contributed by atoms with van der Waals surface area (Å²) in [5.74, 6) is -0.676. The van der Waals surface area contributed by atoms with Gasteiger partial charge < -0.3 is 20.3 Å². The Bertz CT molecular complexity index is 1070. The van der Waals surface area contributed by atoms with Gasteiger partial charge in [0.2, 0.25) is 5.91 Å². The Morgan fingerprint density at radius 1 is 0.526 bits per heavy atom. The molecule has 0 aliphatic heterocycles. The van der Waals surface area contributed by atoms with E-state index in [1.54, 1.807) is 6.08 Å². The van der Waals surface area contributed by atoms with Gasteiger partial charge in [-0.15, -0.1) is 0 Å². The average Bonchev–Trinajstić information content (AvgIpc) is 3.20. The van der Waals surface area contributed by atoms with E-state index in [1.165, 1.54) is 109 Å². The number of nitrogens with one attached hydrogen (secondary N) is 1. The van der Waals surface area contributed by atoms with Crippen LogP contribution in [0, 0.1) is 0 Å². The molecule has 0 saturated carbocycles. The highest BCUT2D eigenvalue weighted by molar-refractivity contribution is 5.78. The zero-order valence-corrected chi connectivity index (χ0v) is 37.2. The minimum absolute atomic E-state index is 0.0532. The topological polar surface area (TPSA) is 95.9 Å². The van der Waals surface area contributed by atoms with Crippen molar-refractivity contribution in [1.82, 2.24) is 5.32 Å². The molecule has 6 heteroatoms. The first-order chi connectivity index (χ1) is 28.0. The Morgan fingerprint density at radius 2 is 0.930 bits per heavy atom. The monoisotopic (exact) mass is 796 g/mol. The minimum Gasteiger partial charge on any atom is -0.458 e. The molecule has 0 bridgehead atoms. The molecule has 3 atom stereocenters. The van der Waals surface area contributed by atoms with Crippen LogP contribution in [0.25, 0.3) is 0 Å². The number of esters is 1. The summed E-state index contributed by atoms with van der Waals surface area (Å²) in [6.07, 6.45) is 55.7. The number of unbranched alkanes of at least 4 members (excludes halogenated alkanes) is 19. The standard InChI is InChI=1S/C51H89NO5/c1-4-7-10-13-16-19-22-23-24-25-26-27-29-32-35-38-41-44-51(56)57-47(42-39-36-33-30-28-20-17-14-11-8-5-2)45-50(55)52-48(46-53)49(54)43-40-37-34-31-21-18-15-12-9-6-3/h16,19,23-24,26-27,30,32-33,35,39,42,47-49,53-54H,4-15,17-18,20-22,25,28-29,31,34,36-38,40-41,43-46H2,1-3H3,(H,52,55)/b19-16-,24-23-,27-26-,33-30-,35-32-,42-39+. The largest absolute Gasteiger partial charge is 0.458 e. The Labute approximate surface area is 351 Å². The third-order valence-corrected chi connectivity index (χ3v) is 10.3. The fourth-order valence-electron chi connectivity index (χ4n) is 6.62. The Balaban J connectivity index is 4.75. The number of carbonyl (C=O) groups excluding carboxylic acids is 2. The van der Waals surface area contributed by atoms with Crippen LogP contribution in [-0.4, -0.2) is 46.9 Å². The molecule has 0 rings (SSSR count). The number of hydrogen-bond acceptors (Lipinski definition) is 5. The maximum atomic E-state index is 13.1. The maximum Gasteiger partial charge on any atom is 0.306 e. The molecule has 0 fully saturated rings. The van der Waals surface area contributed by atoms with Crippen molar-refractivity contribution in [3.05, 3.63) is 72.9 Å². The van der Waals surface area contributed by atoms with Crippen LogP contribution < -0.4 is 5.32 Å². The van der Waals surface area contributed by atoms with Crippen LogP contribution in [-0.2, 0) is 14.3 Å². The van der Waals surface area contributed by atoms with Gasteiger partial charge in [0.15, 0.2) is 0 Å². The van der Waals surface area contributed by atoms with Crippen LogP contribution in [0.2, 0.25) is 0 Å². The number of allylic oxidation sites excluding steroid dienone is 11. The van der Waals surface area contributed by atoms with E-state index in [-0.39, 0.29) is 31.3 Å². The summed E-state index contributed by atoms with van der Waals surface area (Å²) in [4.78, 5) is 25.9. The summed E-state index contributed by atoms with van der Waals surface area (Å²) in [7, 11) is 0. The van der Waals surface area contributed by atoms with Crippen molar-refractivity contribution in [3.63, 3.8) is 0 Å². The van der Waals surface area contributed by atoms with E-state index in [2.05, 4.69) is 86.8 Å². The lowest BCUT2D eigenvalue weighted by Gasteiger charge is -2.23. The van der Waals surface area contributed by atoms with Crippen molar-refractivity contribution < 1.29 is 24.5 Å². The zero-order chi connectivity index (χ0) is 41.7. The molecule has 0 aromatic rings. The molecular weight excluding hydrogens is 707 g/mol. The van der Waals surface area contributed by atoms with Crippen molar-refractivity contribution in [2.75, 3.05) is 6.61 Å². The molecule has 0 aliphatic carbocycles. The lowest BCUT2D eigenvalue weighted by Crippen LogP contribution is -2.46. The van der Waals surface area contributed by atoms with Crippen molar-refractivity contribution in [1.29, 1.82) is 0 Å². The van der Waals surface area contributed by atoms with Gasteiger partial charge in [0.05, 0.1) is 25.2 Å². The minimum atomic E-state index is -0.820. The normalized spacial score (nSPS) is 14.0. The highest BCUT2D eigenvalue weighted by Crippen LogP contribution is 2.14. The molecule has 0 aromatic carbocycles. The van der Waals surface area contributed by atoms with Gasteiger partial charge in [-0.2, -0.15) is 0 Å². The molecule has 6 nitrogen and oxygen atoms in total. The number of amides is 1. The molecule has 0 radical (unpaired) electrons. The van der Waals surface area contributed by atoms with E-state index in [0.717, 1.165) is 51.4 Å². The number of rotatable bonds is 41. The summed E-state index contributed by atoms with van der Waals surface area (Å²) in [5.41, 5.74) is 0. The molecule has 3 unspecified atom stereocenters. The van der Waals surface area contributed by atoms with Crippen LogP contribution >= 0.6 is 0 Å². The molecule has 0 spiro atoms. The second-order valence-electron chi connectivity index (χ2n) is 15.8. The van der Waals surface area contributed by atoms with Crippen LogP contribution in [0.3, 0.4) is 0 Å². The highest BCUT2D eigenvalue weighted by Gasteiger charge is 2.23. The fraction of sp³-hybridized carbons (Fsp3) is 0.725. The summed E-state index contributed by atoms with van der Waals surface area (Å²) in [6, 6.07) is -0.744. The first-order valence-corrected chi connectivity index (χ1v) is 23.7. The zero-order valence-electron chi connectivity index (χ0n) is 37.2. The summed E-state index contributed by atoms with van der Waals surface area (Å²) >= 11 is 0. The Hall–Kier alpha value is -2.70. The first kappa shape index (κ1) is 54.3. The van der Waals surface area contributed by atoms with Crippen LogP contribution in [0.15, 0.2) is 72.9 Å². The smallest absolute Gasteiger partial charge is 0.306 e. The number of aliphatic hydroxyl groups excluding tert-OH is 2. The van der Waals surface area contributed by atoms with Crippen LogP contribution in [0.5, 0.6) is 0 Å². The van der Waals surface area contributed by atoms with E-state index in [1.807, 2.05) is 6.08 Å². The fourth-order valence-corrected chi connectivity index (χ4v) is 6.62. The number of carbonyl (C=O) groups is 2. The molecule has 1 amide bonds. The predicted octanol–water partition coefficient (Wildman–Crippen LogP) is 13.8. The van der Waals surface area contributed by atoms with Gasteiger partial charge in [-0.1, -0.05) is 197 Å². The number of hydrogen-bond donors (Lipinski definition) is 3. The van der Waals surface area contributed by atoms with Gasteiger partial charge in [-0.05, 0) is 76.7 Å². The van der Waals surface area contributed by atoms with E-state index in [4.69, 9.17) is 4.74 Å². The molecular formula is C51H89NO5. The molecule has 328 valence electrons. The molecule has 0 aromatic heterocycles. The maximum absolute atomic E-state index is 13.1.